The fraction of sp³-hybridized carbons (Fsp3) is 0.259. The summed E-state index contributed by atoms with van der Waals surface area (Å²) in [7, 11) is 1.59. The quantitative estimate of drug-likeness (QED) is 0.412. The van der Waals surface area contributed by atoms with Gasteiger partial charge in [0.25, 0.3) is 0 Å². The number of rotatable bonds is 9. The van der Waals surface area contributed by atoms with Crippen molar-refractivity contribution in [1.82, 2.24) is 10.2 Å². The molecule has 0 heterocycles. The van der Waals surface area contributed by atoms with Gasteiger partial charge in [0.15, 0.2) is 0 Å². The second-order valence-corrected chi connectivity index (χ2v) is 8.50. The maximum Gasteiger partial charge on any atom is 0.317 e. The molecule has 0 radical (unpaired) electrons. The summed E-state index contributed by atoms with van der Waals surface area (Å²) >= 11 is 5.94. The van der Waals surface area contributed by atoms with Gasteiger partial charge in [-0.3, -0.25) is 4.79 Å². The van der Waals surface area contributed by atoms with Crippen molar-refractivity contribution in [2.45, 2.75) is 33.4 Å². The number of hydrogen-bond donors (Lipinski definition) is 2. The van der Waals surface area contributed by atoms with Crippen LogP contribution in [0, 0.1) is 6.92 Å². The number of nitrogens with one attached hydrogen (secondary N) is 1. The van der Waals surface area contributed by atoms with Crippen molar-refractivity contribution in [2.75, 3.05) is 13.7 Å². The van der Waals surface area contributed by atoms with Crippen LogP contribution in [-0.4, -0.2) is 35.7 Å². The van der Waals surface area contributed by atoms with Crippen LogP contribution >= 0.6 is 11.6 Å². The maximum atomic E-state index is 12.9. The van der Waals surface area contributed by atoms with Gasteiger partial charge in [0.05, 0.1) is 13.5 Å². The maximum absolute atomic E-state index is 12.9. The predicted octanol–water partition coefficient (Wildman–Crippen LogP) is 5.68. The number of carbonyl (C=O) groups is 2. The summed E-state index contributed by atoms with van der Waals surface area (Å²) in [6.45, 7) is 5.26. The summed E-state index contributed by atoms with van der Waals surface area (Å²) in [5.74, 6) is -0.246. The first-order valence-corrected chi connectivity index (χ1v) is 11.4. The Labute approximate surface area is 205 Å². The molecular formula is C27H29ClN2O4. The van der Waals surface area contributed by atoms with Crippen LogP contribution in [0.25, 0.3) is 11.1 Å². The average molecular weight is 481 g/mol. The molecule has 0 bridgehead atoms. The van der Waals surface area contributed by atoms with Gasteiger partial charge in [0, 0.05) is 30.2 Å². The summed E-state index contributed by atoms with van der Waals surface area (Å²) in [6.07, 6.45) is -0.0770. The van der Waals surface area contributed by atoms with Crippen molar-refractivity contribution in [2.24, 2.45) is 0 Å². The van der Waals surface area contributed by atoms with Crippen LogP contribution in [0.1, 0.15) is 29.2 Å². The van der Waals surface area contributed by atoms with Gasteiger partial charge in [0.2, 0.25) is 0 Å². The second kappa shape index (κ2) is 11.6. The number of carbonyl (C=O) groups excluding carboxylic acids is 1. The standard InChI is InChI=1S/C27H29ClN2O4/c1-4-30(27(33)29-16-19-6-9-22(28)10-7-19)17-21-13-18(2)5-11-23(21)24-14-20(15-26(31)32)8-12-25(24)34-3/h5-14H,4,15-17H2,1-3H3,(H,29,33)(H,31,32). The van der Waals surface area contributed by atoms with E-state index in [4.69, 9.17) is 16.3 Å². The lowest BCUT2D eigenvalue weighted by Crippen LogP contribution is -2.39. The summed E-state index contributed by atoms with van der Waals surface area (Å²) < 4.78 is 5.57. The molecule has 6 nitrogen and oxygen atoms in total. The lowest BCUT2D eigenvalue weighted by Gasteiger charge is -2.24. The molecule has 0 atom stereocenters. The Balaban J connectivity index is 1.87. The molecule has 0 fully saturated rings. The molecule has 2 amide bonds. The largest absolute Gasteiger partial charge is 0.496 e. The van der Waals surface area contributed by atoms with E-state index in [1.165, 1.54) is 0 Å². The number of ether oxygens (including phenoxy) is 1. The van der Waals surface area contributed by atoms with Gasteiger partial charge < -0.3 is 20.1 Å². The molecule has 0 unspecified atom stereocenters. The molecule has 0 aromatic heterocycles. The fourth-order valence-electron chi connectivity index (χ4n) is 3.79. The van der Waals surface area contributed by atoms with Crippen molar-refractivity contribution in [1.29, 1.82) is 0 Å². The van der Waals surface area contributed by atoms with Crippen LogP contribution in [0.3, 0.4) is 0 Å². The Bertz CT molecular complexity index is 1160. The summed E-state index contributed by atoms with van der Waals surface area (Å²) in [4.78, 5) is 25.9. The Morgan fingerprint density at radius 3 is 2.35 bits per heavy atom. The van der Waals surface area contributed by atoms with E-state index in [0.29, 0.717) is 36.0 Å². The topological polar surface area (TPSA) is 78.9 Å². The lowest BCUT2D eigenvalue weighted by molar-refractivity contribution is -0.136. The smallest absolute Gasteiger partial charge is 0.317 e. The minimum atomic E-state index is -0.894. The highest BCUT2D eigenvalue weighted by Gasteiger charge is 2.17. The third kappa shape index (κ3) is 6.51. The molecule has 34 heavy (non-hydrogen) atoms. The van der Waals surface area contributed by atoms with Crippen LogP contribution in [0.2, 0.25) is 5.02 Å². The Morgan fingerprint density at radius 1 is 1.00 bits per heavy atom. The highest BCUT2D eigenvalue weighted by molar-refractivity contribution is 6.30. The van der Waals surface area contributed by atoms with E-state index in [-0.39, 0.29) is 12.5 Å². The first-order valence-electron chi connectivity index (χ1n) is 11.1. The van der Waals surface area contributed by atoms with E-state index < -0.39 is 5.97 Å². The van der Waals surface area contributed by atoms with Gasteiger partial charge in [-0.25, -0.2) is 4.79 Å². The molecule has 0 aliphatic rings. The Hall–Kier alpha value is -3.51. The molecular weight excluding hydrogens is 452 g/mol. The highest BCUT2D eigenvalue weighted by atomic mass is 35.5. The SMILES string of the molecule is CCN(Cc1cc(C)ccc1-c1cc(CC(=O)O)ccc1OC)C(=O)NCc1ccc(Cl)cc1. The van der Waals surface area contributed by atoms with Gasteiger partial charge in [0.1, 0.15) is 5.75 Å². The molecule has 0 saturated carbocycles. The van der Waals surface area contributed by atoms with E-state index in [1.807, 2.05) is 50.2 Å². The van der Waals surface area contributed by atoms with Crippen LogP contribution in [0.15, 0.2) is 60.7 Å². The third-order valence-corrected chi connectivity index (χ3v) is 5.81. The van der Waals surface area contributed by atoms with Crippen molar-refractivity contribution in [3.63, 3.8) is 0 Å². The third-order valence-electron chi connectivity index (χ3n) is 5.56. The number of aryl methyl sites for hydroxylation is 1. The summed E-state index contributed by atoms with van der Waals surface area (Å²) in [5.41, 5.74) is 5.37. The normalized spacial score (nSPS) is 10.6. The molecule has 2 N–H and O–H groups in total. The number of carboxylic acids is 1. The number of methoxy groups -OCH3 is 1. The summed E-state index contributed by atoms with van der Waals surface area (Å²) in [5, 5.41) is 12.8. The minimum Gasteiger partial charge on any atom is -0.496 e. The van der Waals surface area contributed by atoms with Crippen LogP contribution < -0.4 is 10.1 Å². The van der Waals surface area contributed by atoms with Gasteiger partial charge >= 0.3 is 12.0 Å². The van der Waals surface area contributed by atoms with E-state index in [1.54, 1.807) is 36.3 Å². The molecule has 3 aromatic carbocycles. The van der Waals surface area contributed by atoms with Crippen molar-refractivity contribution >= 4 is 23.6 Å². The van der Waals surface area contributed by atoms with Crippen molar-refractivity contribution < 1.29 is 19.4 Å². The first kappa shape index (κ1) is 25.1. The monoisotopic (exact) mass is 480 g/mol. The van der Waals surface area contributed by atoms with Crippen LogP contribution in [0.5, 0.6) is 5.75 Å². The number of nitrogens with zero attached hydrogens (tertiary/aromatic N) is 1. The van der Waals surface area contributed by atoms with Crippen LogP contribution in [0.4, 0.5) is 4.79 Å². The zero-order chi connectivity index (χ0) is 24.7. The molecule has 7 heteroatoms. The Kier molecular flexibility index (Phi) is 8.55. The number of urea groups is 1. The number of aliphatic carboxylic acids is 1. The van der Waals surface area contributed by atoms with E-state index in [0.717, 1.165) is 27.8 Å². The van der Waals surface area contributed by atoms with Gasteiger partial charge in [-0.05, 0) is 60.4 Å². The number of carboxylic acid groups (broad SMARTS) is 1. The molecule has 178 valence electrons. The van der Waals surface area contributed by atoms with E-state index in [9.17, 15) is 14.7 Å². The predicted molar refractivity (Wildman–Crippen MR) is 134 cm³/mol. The molecule has 0 saturated heterocycles. The number of benzene rings is 3. The lowest BCUT2D eigenvalue weighted by atomic mass is 9.94. The molecule has 0 aliphatic heterocycles. The zero-order valence-electron chi connectivity index (χ0n) is 19.6. The number of halogens is 1. The van der Waals surface area contributed by atoms with Gasteiger partial charge in [-0.15, -0.1) is 0 Å². The molecule has 3 rings (SSSR count). The fourth-order valence-corrected chi connectivity index (χ4v) is 3.92. The summed E-state index contributed by atoms with van der Waals surface area (Å²) in [6, 6.07) is 18.6. The average Bonchev–Trinajstić information content (AvgIpc) is 2.81. The molecule has 0 spiro atoms. The molecule has 0 aliphatic carbocycles. The zero-order valence-corrected chi connectivity index (χ0v) is 20.4. The van der Waals surface area contributed by atoms with Crippen molar-refractivity contribution in [3.8, 4) is 16.9 Å². The van der Waals surface area contributed by atoms with E-state index >= 15 is 0 Å². The van der Waals surface area contributed by atoms with Gasteiger partial charge in [-0.2, -0.15) is 0 Å². The molecule has 3 aromatic rings. The highest BCUT2D eigenvalue weighted by Crippen LogP contribution is 2.34. The van der Waals surface area contributed by atoms with E-state index in [2.05, 4.69) is 5.32 Å². The van der Waals surface area contributed by atoms with Crippen molar-refractivity contribution in [3.05, 3.63) is 87.9 Å². The Morgan fingerprint density at radius 2 is 1.71 bits per heavy atom. The number of amides is 2. The second-order valence-electron chi connectivity index (χ2n) is 8.07. The number of hydrogen-bond acceptors (Lipinski definition) is 3. The minimum absolute atomic E-state index is 0.0770. The van der Waals surface area contributed by atoms with Crippen LogP contribution in [-0.2, 0) is 24.3 Å². The van der Waals surface area contributed by atoms with Gasteiger partial charge in [-0.1, -0.05) is 53.6 Å². The first-order chi connectivity index (χ1) is 16.3.